The maximum atomic E-state index is 3.69. The fourth-order valence-corrected chi connectivity index (χ4v) is 2.27. The van der Waals surface area contributed by atoms with Crippen LogP contribution in [-0.4, -0.2) is 12.6 Å². The van der Waals surface area contributed by atoms with E-state index in [9.17, 15) is 0 Å². The summed E-state index contributed by atoms with van der Waals surface area (Å²) in [6, 6.07) is 9.64. The van der Waals surface area contributed by atoms with E-state index in [1.54, 1.807) is 0 Å². The Morgan fingerprint density at radius 3 is 2.33 bits per heavy atom. The minimum Gasteiger partial charge on any atom is -0.314 e. The van der Waals surface area contributed by atoms with Crippen molar-refractivity contribution in [2.75, 3.05) is 6.54 Å². The first-order chi connectivity index (χ1) is 8.76. The van der Waals surface area contributed by atoms with Gasteiger partial charge < -0.3 is 5.32 Å². The van der Waals surface area contributed by atoms with Crippen molar-refractivity contribution >= 4 is 0 Å². The van der Waals surface area contributed by atoms with E-state index in [1.165, 1.54) is 49.7 Å². The zero-order valence-corrected chi connectivity index (χ0v) is 12.3. The van der Waals surface area contributed by atoms with E-state index >= 15 is 0 Å². The summed E-state index contributed by atoms with van der Waals surface area (Å²) in [5, 5.41) is 3.69. The summed E-state index contributed by atoms with van der Waals surface area (Å²) in [6.45, 7) is 7.80. The van der Waals surface area contributed by atoms with Crippen LogP contribution in [-0.2, 0) is 6.42 Å². The lowest BCUT2D eigenvalue weighted by atomic mass is 9.99. The molecule has 1 aromatic carbocycles. The van der Waals surface area contributed by atoms with E-state index in [4.69, 9.17) is 0 Å². The molecule has 0 aliphatic carbocycles. The molecule has 0 aliphatic heterocycles. The minimum atomic E-state index is 0.652. The molecule has 0 amide bonds. The number of rotatable bonds is 9. The van der Waals surface area contributed by atoms with E-state index in [-0.39, 0.29) is 0 Å². The van der Waals surface area contributed by atoms with Crippen molar-refractivity contribution in [2.24, 2.45) is 0 Å². The molecule has 0 bridgehead atoms. The lowest BCUT2D eigenvalue weighted by molar-refractivity contribution is 0.456. The van der Waals surface area contributed by atoms with Crippen LogP contribution in [0.4, 0.5) is 0 Å². The summed E-state index contributed by atoms with van der Waals surface area (Å²) in [6.07, 6.45) is 7.72. The number of hydrogen-bond acceptors (Lipinski definition) is 1. The van der Waals surface area contributed by atoms with Gasteiger partial charge in [0.05, 0.1) is 0 Å². The van der Waals surface area contributed by atoms with Crippen LogP contribution in [0.1, 0.15) is 57.1 Å². The minimum absolute atomic E-state index is 0.652. The van der Waals surface area contributed by atoms with Crippen molar-refractivity contribution < 1.29 is 0 Å². The molecular weight excluding hydrogens is 218 g/mol. The predicted octanol–water partition coefficient (Wildman–Crippen LogP) is 4.49. The smallest absolute Gasteiger partial charge is 0.0107 e. The Kier molecular flexibility index (Phi) is 7.75. The summed E-state index contributed by atoms with van der Waals surface area (Å²) in [5.74, 6) is 0. The third-order valence-electron chi connectivity index (χ3n) is 3.44. The van der Waals surface area contributed by atoms with Crippen molar-refractivity contribution in [2.45, 2.75) is 65.3 Å². The largest absolute Gasteiger partial charge is 0.314 e. The van der Waals surface area contributed by atoms with Gasteiger partial charge in [-0.05, 0) is 38.3 Å². The van der Waals surface area contributed by atoms with Gasteiger partial charge in [-0.3, -0.25) is 0 Å². The van der Waals surface area contributed by atoms with Crippen molar-refractivity contribution in [3.63, 3.8) is 0 Å². The highest BCUT2D eigenvalue weighted by Crippen LogP contribution is 2.11. The number of aryl methyl sites for hydroxylation is 1. The first-order valence-corrected chi connectivity index (χ1v) is 7.55. The highest BCUT2D eigenvalue weighted by Gasteiger charge is 2.08. The van der Waals surface area contributed by atoms with E-state index in [2.05, 4.69) is 50.4 Å². The molecule has 0 heterocycles. The first-order valence-electron chi connectivity index (χ1n) is 7.55. The fraction of sp³-hybridized carbons (Fsp3) is 0.647. The summed E-state index contributed by atoms with van der Waals surface area (Å²) in [7, 11) is 0. The van der Waals surface area contributed by atoms with Crippen molar-refractivity contribution in [3.05, 3.63) is 35.4 Å². The Hall–Kier alpha value is -0.820. The Balaban J connectivity index is 2.45. The van der Waals surface area contributed by atoms with Gasteiger partial charge >= 0.3 is 0 Å². The molecule has 0 fully saturated rings. The molecule has 0 aliphatic rings. The van der Waals surface area contributed by atoms with E-state index in [0.29, 0.717) is 6.04 Å². The molecule has 1 atom stereocenters. The average Bonchev–Trinajstić information content (AvgIpc) is 2.38. The molecule has 1 aromatic rings. The Morgan fingerprint density at radius 2 is 1.72 bits per heavy atom. The van der Waals surface area contributed by atoms with Crippen LogP contribution >= 0.6 is 0 Å². The first kappa shape index (κ1) is 15.2. The average molecular weight is 247 g/mol. The van der Waals surface area contributed by atoms with Crippen LogP contribution in [0.2, 0.25) is 0 Å². The highest BCUT2D eigenvalue weighted by molar-refractivity contribution is 5.22. The summed E-state index contributed by atoms with van der Waals surface area (Å²) in [4.78, 5) is 0. The summed E-state index contributed by atoms with van der Waals surface area (Å²) in [5.41, 5.74) is 2.81. The molecule has 0 radical (unpaired) electrons. The van der Waals surface area contributed by atoms with Crippen LogP contribution < -0.4 is 5.32 Å². The van der Waals surface area contributed by atoms with Crippen LogP contribution in [0.5, 0.6) is 0 Å². The third kappa shape index (κ3) is 6.20. The molecule has 1 heteroatoms. The standard InChI is InChI=1S/C17H29N/c1-4-6-7-8-17(18-13-5-2)14-16-11-9-15(3)10-12-16/h9-12,17-18H,4-8,13-14H2,1-3H3. The number of nitrogens with one attached hydrogen (secondary N) is 1. The second-order valence-corrected chi connectivity index (χ2v) is 5.34. The molecular formula is C17H29N. The molecule has 0 aromatic heterocycles. The third-order valence-corrected chi connectivity index (χ3v) is 3.44. The lowest BCUT2D eigenvalue weighted by Gasteiger charge is -2.18. The van der Waals surface area contributed by atoms with Gasteiger partial charge in [0.15, 0.2) is 0 Å². The molecule has 0 saturated carbocycles. The van der Waals surface area contributed by atoms with E-state index < -0.39 is 0 Å². The van der Waals surface area contributed by atoms with Gasteiger partial charge in [0, 0.05) is 6.04 Å². The molecule has 1 unspecified atom stereocenters. The second-order valence-electron chi connectivity index (χ2n) is 5.34. The molecule has 18 heavy (non-hydrogen) atoms. The van der Waals surface area contributed by atoms with E-state index in [1.807, 2.05) is 0 Å². The number of benzene rings is 1. The van der Waals surface area contributed by atoms with Crippen molar-refractivity contribution in [1.82, 2.24) is 5.32 Å². The normalized spacial score (nSPS) is 12.6. The maximum Gasteiger partial charge on any atom is 0.0107 e. The SMILES string of the molecule is CCCCCC(Cc1ccc(C)cc1)NCCC. The zero-order chi connectivity index (χ0) is 13.2. The van der Waals surface area contributed by atoms with Crippen molar-refractivity contribution in [1.29, 1.82) is 0 Å². The topological polar surface area (TPSA) is 12.0 Å². The summed E-state index contributed by atoms with van der Waals surface area (Å²) < 4.78 is 0. The molecule has 102 valence electrons. The van der Waals surface area contributed by atoms with Gasteiger partial charge in [-0.25, -0.2) is 0 Å². The molecule has 0 spiro atoms. The number of hydrogen-bond donors (Lipinski definition) is 1. The highest BCUT2D eigenvalue weighted by atomic mass is 14.9. The van der Waals surface area contributed by atoms with Crippen LogP contribution in [0.15, 0.2) is 24.3 Å². The number of unbranched alkanes of at least 4 members (excludes halogenated alkanes) is 2. The van der Waals surface area contributed by atoms with Gasteiger partial charge in [0.25, 0.3) is 0 Å². The predicted molar refractivity (Wildman–Crippen MR) is 81.1 cm³/mol. The summed E-state index contributed by atoms with van der Waals surface area (Å²) >= 11 is 0. The molecule has 0 saturated heterocycles. The Labute approximate surface area is 113 Å². The van der Waals surface area contributed by atoms with Gasteiger partial charge in [-0.1, -0.05) is 62.9 Å². The Bertz CT molecular complexity index is 302. The quantitative estimate of drug-likeness (QED) is 0.634. The fourth-order valence-electron chi connectivity index (χ4n) is 2.27. The zero-order valence-electron chi connectivity index (χ0n) is 12.3. The monoisotopic (exact) mass is 247 g/mol. The van der Waals surface area contributed by atoms with E-state index in [0.717, 1.165) is 6.54 Å². The lowest BCUT2D eigenvalue weighted by Crippen LogP contribution is -2.31. The van der Waals surface area contributed by atoms with Crippen LogP contribution in [0, 0.1) is 6.92 Å². The Morgan fingerprint density at radius 1 is 1.00 bits per heavy atom. The van der Waals surface area contributed by atoms with Gasteiger partial charge in [-0.15, -0.1) is 0 Å². The molecule has 1 rings (SSSR count). The second kappa shape index (κ2) is 9.16. The van der Waals surface area contributed by atoms with Gasteiger partial charge in [-0.2, -0.15) is 0 Å². The van der Waals surface area contributed by atoms with Gasteiger partial charge in [0.1, 0.15) is 0 Å². The van der Waals surface area contributed by atoms with Crippen LogP contribution in [0.25, 0.3) is 0 Å². The molecule has 1 N–H and O–H groups in total. The molecule has 1 nitrogen and oxygen atoms in total. The maximum absolute atomic E-state index is 3.69. The van der Waals surface area contributed by atoms with Crippen LogP contribution in [0.3, 0.4) is 0 Å². The van der Waals surface area contributed by atoms with Gasteiger partial charge in [0.2, 0.25) is 0 Å². The van der Waals surface area contributed by atoms with Crippen molar-refractivity contribution in [3.8, 4) is 0 Å².